The number of benzene rings is 1. The van der Waals surface area contributed by atoms with E-state index in [-0.39, 0.29) is 5.82 Å². The molecule has 1 aromatic rings. The van der Waals surface area contributed by atoms with Crippen molar-refractivity contribution < 1.29 is 13.9 Å². The van der Waals surface area contributed by atoms with E-state index in [1.807, 2.05) is 0 Å². The van der Waals surface area contributed by atoms with Gasteiger partial charge in [-0.2, -0.15) is 0 Å². The van der Waals surface area contributed by atoms with Gasteiger partial charge < -0.3 is 4.74 Å². The number of hydrogen-bond acceptors (Lipinski definition) is 2. The van der Waals surface area contributed by atoms with Gasteiger partial charge in [-0.3, -0.25) is 4.79 Å². The van der Waals surface area contributed by atoms with E-state index in [4.69, 9.17) is 4.74 Å². The van der Waals surface area contributed by atoms with Crippen LogP contribution in [0.2, 0.25) is 0 Å². The van der Waals surface area contributed by atoms with Crippen molar-refractivity contribution in [1.29, 1.82) is 0 Å². The molecule has 0 radical (unpaired) electrons. The Morgan fingerprint density at radius 2 is 2.20 bits per heavy atom. The third-order valence-corrected chi connectivity index (χ3v) is 2.06. The Labute approximate surface area is 89.1 Å². The number of rotatable bonds is 5. The molecule has 82 valence electrons. The first-order valence-corrected chi connectivity index (χ1v) is 5.01. The molecule has 0 atom stereocenters. The van der Waals surface area contributed by atoms with Gasteiger partial charge in [0.25, 0.3) is 0 Å². The Morgan fingerprint density at radius 1 is 1.47 bits per heavy atom. The summed E-state index contributed by atoms with van der Waals surface area (Å²) in [5.74, 6) is 0.462. The third-order valence-electron chi connectivity index (χ3n) is 2.06. The summed E-state index contributed by atoms with van der Waals surface area (Å²) in [5, 5.41) is 0. The topological polar surface area (TPSA) is 26.3 Å². The summed E-state index contributed by atoms with van der Waals surface area (Å²) >= 11 is 0. The minimum absolute atomic E-state index is 0.325. The van der Waals surface area contributed by atoms with Crippen molar-refractivity contribution in [2.24, 2.45) is 5.92 Å². The zero-order valence-electron chi connectivity index (χ0n) is 9.00. The van der Waals surface area contributed by atoms with E-state index >= 15 is 0 Å². The summed E-state index contributed by atoms with van der Waals surface area (Å²) in [6, 6.07) is 3.91. The first-order chi connectivity index (χ1) is 7.13. The van der Waals surface area contributed by atoms with Gasteiger partial charge in [0, 0.05) is 6.07 Å². The van der Waals surface area contributed by atoms with Gasteiger partial charge in [0.15, 0.2) is 6.29 Å². The molecule has 2 nitrogen and oxygen atoms in total. The largest absolute Gasteiger partial charge is 0.493 e. The molecule has 1 aromatic carbocycles. The molecule has 0 aliphatic carbocycles. The summed E-state index contributed by atoms with van der Waals surface area (Å²) < 4.78 is 18.2. The van der Waals surface area contributed by atoms with Crippen LogP contribution in [0.3, 0.4) is 0 Å². The molecular formula is C12H15FO2. The van der Waals surface area contributed by atoms with Gasteiger partial charge in [-0.1, -0.05) is 13.8 Å². The van der Waals surface area contributed by atoms with Gasteiger partial charge in [0.2, 0.25) is 0 Å². The number of halogens is 1. The van der Waals surface area contributed by atoms with E-state index in [0.717, 1.165) is 6.42 Å². The lowest BCUT2D eigenvalue weighted by atomic mass is 10.1. The van der Waals surface area contributed by atoms with E-state index in [9.17, 15) is 9.18 Å². The number of ether oxygens (including phenoxy) is 1. The fourth-order valence-electron chi connectivity index (χ4n) is 1.14. The quantitative estimate of drug-likeness (QED) is 0.698. The van der Waals surface area contributed by atoms with Crippen molar-refractivity contribution in [3.8, 4) is 5.75 Å². The maximum Gasteiger partial charge on any atom is 0.153 e. The number of carbonyl (C=O) groups is 1. The minimum Gasteiger partial charge on any atom is -0.493 e. The monoisotopic (exact) mass is 210 g/mol. The molecule has 0 aliphatic heterocycles. The second-order valence-electron chi connectivity index (χ2n) is 3.83. The molecule has 0 bridgehead atoms. The summed E-state index contributed by atoms with van der Waals surface area (Å²) in [6.07, 6.45) is 1.55. The van der Waals surface area contributed by atoms with Crippen molar-refractivity contribution in [2.45, 2.75) is 20.3 Å². The van der Waals surface area contributed by atoms with Gasteiger partial charge >= 0.3 is 0 Å². The maximum absolute atomic E-state index is 12.9. The minimum atomic E-state index is -0.389. The average Bonchev–Trinajstić information content (AvgIpc) is 2.17. The molecule has 0 N–H and O–H groups in total. The highest BCUT2D eigenvalue weighted by molar-refractivity contribution is 5.79. The van der Waals surface area contributed by atoms with Crippen LogP contribution in [0.4, 0.5) is 4.39 Å². The molecule has 0 aliphatic rings. The molecule has 1 rings (SSSR count). The second kappa shape index (κ2) is 5.49. The van der Waals surface area contributed by atoms with Gasteiger partial charge in [-0.05, 0) is 24.5 Å². The molecule has 0 saturated heterocycles. The zero-order chi connectivity index (χ0) is 11.3. The van der Waals surface area contributed by atoms with Crippen LogP contribution in [0.25, 0.3) is 0 Å². The smallest absolute Gasteiger partial charge is 0.153 e. The van der Waals surface area contributed by atoms with Crippen molar-refractivity contribution >= 4 is 6.29 Å². The zero-order valence-corrected chi connectivity index (χ0v) is 9.00. The van der Waals surface area contributed by atoms with Crippen molar-refractivity contribution in [3.63, 3.8) is 0 Å². The van der Waals surface area contributed by atoms with Gasteiger partial charge in [0.05, 0.1) is 12.2 Å². The highest BCUT2D eigenvalue weighted by Crippen LogP contribution is 2.18. The Kier molecular flexibility index (Phi) is 4.28. The molecule has 0 heterocycles. The van der Waals surface area contributed by atoms with E-state index < -0.39 is 0 Å². The molecule has 0 unspecified atom stereocenters. The van der Waals surface area contributed by atoms with E-state index in [1.54, 1.807) is 0 Å². The lowest BCUT2D eigenvalue weighted by molar-refractivity contribution is 0.111. The predicted octanol–water partition coefficient (Wildman–Crippen LogP) is 3.06. The van der Waals surface area contributed by atoms with E-state index in [2.05, 4.69) is 13.8 Å². The molecule has 0 aromatic heterocycles. The normalized spacial score (nSPS) is 10.4. The standard InChI is InChI=1S/C12H15FO2/c1-9(2)5-6-15-12-7-11(13)4-3-10(12)8-14/h3-4,7-9H,5-6H2,1-2H3. The molecule has 3 heteroatoms. The lowest BCUT2D eigenvalue weighted by Crippen LogP contribution is -2.03. The van der Waals surface area contributed by atoms with Crippen LogP contribution in [0.1, 0.15) is 30.6 Å². The summed E-state index contributed by atoms with van der Waals surface area (Å²) in [6.45, 7) is 4.66. The number of hydrogen-bond donors (Lipinski definition) is 0. The van der Waals surface area contributed by atoms with Gasteiger partial charge in [0.1, 0.15) is 11.6 Å². The lowest BCUT2D eigenvalue weighted by Gasteiger charge is -2.09. The first kappa shape index (κ1) is 11.7. The van der Waals surface area contributed by atoms with E-state index in [0.29, 0.717) is 30.1 Å². The van der Waals surface area contributed by atoms with Gasteiger partial charge in [-0.25, -0.2) is 4.39 Å². The van der Waals surface area contributed by atoms with Crippen LogP contribution in [0.15, 0.2) is 18.2 Å². The summed E-state index contributed by atoms with van der Waals surface area (Å²) in [7, 11) is 0. The molecule has 0 amide bonds. The van der Waals surface area contributed by atoms with Crippen LogP contribution in [-0.4, -0.2) is 12.9 Å². The predicted molar refractivity (Wildman–Crippen MR) is 56.7 cm³/mol. The van der Waals surface area contributed by atoms with E-state index in [1.165, 1.54) is 18.2 Å². The molecule has 0 saturated carbocycles. The van der Waals surface area contributed by atoms with Crippen LogP contribution in [0, 0.1) is 11.7 Å². The second-order valence-corrected chi connectivity index (χ2v) is 3.83. The molecule has 0 fully saturated rings. The van der Waals surface area contributed by atoms with Crippen molar-refractivity contribution in [1.82, 2.24) is 0 Å². The highest BCUT2D eigenvalue weighted by atomic mass is 19.1. The Balaban J connectivity index is 2.66. The number of carbonyl (C=O) groups excluding carboxylic acids is 1. The maximum atomic E-state index is 12.9. The average molecular weight is 210 g/mol. The highest BCUT2D eigenvalue weighted by Gasteiger charge is 2.04. The van der Waals surface area contributed by atoms with Crippen LogP contribution in [0.5, 0.6) is 5.75 Å². The molecule has 0 spiro atoms. The summed E-state index contributed by atoms with van der Waals surface area (Å²) in [5.41, 5.74) is 0.389. The first-order valence-electron chi connectivity index (χ1n) is 5.01. The fraction of sp³-hybridized carbons (Fsp3) is 0.417. The molecule has 15 heavy (non-hydrogen) atoms. The van der Waals surface area contributed by atoms with Crippen molar-refractivity contribution in [3.05, 3.63) is 29.6 Å². The Bertz CT molecular complexity index is 334. The third kappa shape index (κ3) is 3.70. The van der Waals surface area contributed by atoms with Crippen LogP contribution >= 0.6 is 0 Å². The summed E-state index contributed by atoms with van der Waals surface area (Å²) in [4.78, 5) is 10.6. The fourth-order valence-corrected chi connectivity index (χ4v) is 1.14. The molecular weight excluding hydrogens is 195 g/mol. The Morgan fingerprint density at radius 3 is 2.80 bits per heavy atom. The Hall–Kier alpha value is -1.38. The SMILES string of the molecule is CC(C)CCOc1cc(F)ccc1C=O. The number of aldehydes is 1. The van der Waals surface area contributed by atoms with Gasteiger partial charge in [-0.15, -0.1) is 0 Å². The van der Waals surface area contributed by atoms with Crippen molar-refractivity contribution in [2.75, 3.05) is 6.61 Å². The van der Waals surface area contributed by atoms with Crippen LogP contribution < -0.4 is 4.74 Å². The van der Waals surface area contributed by atoms with Crippen LogP contribution in [-0.2, 0) is 0 Å².